The Bertz CT molecular complexity index is 888. The van der Waals surface area contributed by atoms with E-state index in [-0.39, 0.29) is 11.3 Å². The number of ether oxygens (including phenoxy) is 1. The number of carbonyl (C=O) groups excluding carboxylic acids is 1. The van der Waals surface area contributed by atoms with E-state index in [1.165, 1.54) is 12.1 Å². The van der Waals surface area contributed by atoms with Gasteiger partial charge in [-0.05, 0) is 55.0 Å². The lowest BCUT2D eigenvalue weighted by atomic mass is 10.0. The van der Waals surface area contributed by atoms with Crippen molar-refractivity contribution in [2.45, 2.75) is 26.2 Å². The predicted molar refractivity (Wildman–Crippen MR) is 105 cm³/mol. The number of benzene rings is 2. The van der Waals surface area contributed by atoms with Gasteiger partial charge < -0.3 is 14.7 Å². The Hall–Kier alpha value is -2.79. The molecular weight excluding hydrogens is 366 g/mol. The van der Waals surface area contributed by atoms with Gasteiger partial charge in [0.25, 0.3) is 0 Å². The number of phenols is 1. The van der Waals surface area contributed by atoms with Crippen LogP contribution in [-0.4, -0.2) is 23.4 Å². The van der Waals surface area contributed by atoms with Crippen molar-refractivity contribution in [3.8, 4) is 11.5 Å². The molecule has 2 aromatic rings. The van der Waals surface area contributed by atoms with E-state index < -0.39 is 5.97 Å². The first-order valence-corrected chi connectivity index (χ1v) is 9.19. The Labute approximate surface area is 162 Å². The van der Waals surface area contributed by atoms with Crippen molar-refractivity contribution in [1.82, 2.24) is 0 Å². The summed E-state index contributed by atoms with van der Waals surface area (Å²) in [5.74, 6) is 0.199. The van der Waals surface area contributed by atoms with E-state index >= 15 is 0 Å². The first kappa shape index (κ1) is 19.0. The van der Waals surface area contributed by atoms with Gasteiger partial charge in [-0.25, -0.2) is 4.79 Å². The summed E-state index contributed by atoms with van der Waals surface area (Å²) in [6, 6.07) is 11.9. The van der Waals surface area contributed by atoms with Gasteiger partial charge in [-0.2, -0.15) is 0 Å². The fraction of sp³-hybridized carbons (Fsp3) is 0.238. The van der Waals surface area contributed by atoms with Crippen LogP contribution in [0.1, 0.15) is 37.3 Å². The molecule has 3 rings (SSSR count). The molecule has 0 amide bonds. The number of carbonyl (C=O) groups is 1. The highest BCUT2D eigenvalue weighted by Crippen LogP contribution is 2.27. The summed E-state index contributed by atoms with van der Waals surface area (Å²) in [5, 5.41) is 14.3. The highest BCUT2D eigenvalue weighted by molar-refractivity contribution is 6.32. The van der Waals surface area contributed by atoms with Crippen LogP contribution < -0.4 is 4.74 Å². The molecule has 140 valence electrons. The molecule has 5 nitrogen and oxygen atoms in total. The van der Waals surface area contributed by atoms with E-state index in [0.29, 0.717) is 22.9 Å². The summed E-state index contributed by atoms with van der Waals surface area (Å²) in [6.45, 7) is 2.82. The zero-order chi connectivity index (χ0) is 19.2. The molecule has 2 aromatic carbocycles. The second-order valence-corrected chi connectivity index (χ2v) is 6.60. The lowest BCUT2D eigenvalue weighted by molar-refractivity contribution is -0.136. The quantitative estimate of drug-likeness (QED) is 0.415. The Kier molecular flexibility index (Phi) is 6.14. The molecule has 0 fully saturated rings. The highest BCUT2D eigenvalue weighted by Gasteiger charge is 2.27. The SMILES string of the molecule is CCCCCOc1ccc(C2=NOC(=O)/C2=C\c2cc(Cl)ccc2O)cc1. The van der Waals surface area contributed by atoms with Gasteiger partial charge in [-0.15, -0.1) is 0 Å². The van der Waals surface area contributed by atoms with Crippen LogP contribution in [0, 0.1) is 0 Å². The number of hydrogen-bond donors (Lipinski definition) is 1. The van der Waals surface area contributed by atoms with Crippen LogP contribution in [0.3, 0.4) is 0 Å². The van der Waals surface area contributed by atoms with Gasteiger partial charge in [-0.1, -0.05) is 36.5 Å². The maximum absolute atomic E-state index is 12.1. The zero-order valence-electron chi connectivity index (χ0n) is 14.9. The normalized spacial score (nSPS) is 15.0. The van der Waals surface area contributed by atoms with Gasteiger partial charge in [0.2, 0.25) is 0 Å². The summed E-state index contributed by atoms with van der Waals surface area (Å²) >= 11 is 5.97. The smallest absolute Gasteiger partial charge is 0.368 e. The third-order valence-electron chi connectivity index (χ3n) is 4.13. The van der Waals surface area contributed by atoms with Crippen LogP contribution in [0.2, 0.25) is 5.02 Å². The molecule has 0 unspecified atom stereocenters. The van der Waals surface area contributed by atoms with Gasteiger partial charge >= 0.3 is 5.97 Å². The Morgan fingerprint density at radius 3 is 2.70 bits per heavy atom. The summed E-state index contributed by atoms with van der Waals surface area (Å²) in [5.41, 5.74) is 1.79. The fourth-order valence-corrected chi connectivity index (χ4v) is 2.85. The van der Waals surface area contributed by atoms with Crippen molar-refractivity contribution in [2.24, 2.45) is 5.16 Å². The maximum Gasteiger partial charge on any atom is 0.368 e. The first-order chi connectivity index (χ1) is 13.1. The molecule has 0 spiro atoms. The second kappa shape index (κ2) is 8.73. The molecule has 0 aromatic heterocycles. The van der Waals surface area contributed by atoms with Crippen molar-refractivity contribution >= 4 is 29.4 Å². The zero-order valence-corrected chi connectivity index (χ0v) is 15.7. The van der Waals surface area contributed by atoms with Gasteiger partial charge in [0.1, 0.15) is 17.2 Å². The van der Waals surface area contributed by atoms with Crippen molar-refractivity contribution in [3.63, 3.8) is 0 Å². The van der Waals surface area contributed by atoms with Crippen molar-refractivity contribution in [1.29, 1.82) is 0 Å². The Balaban J connectivity index is 1.80. The molecule has 0 radical (unpaired) electrons. The molecule has 0 saturated carbocycles. The minimum absolute atomic E-state index is 0.0155. The molecule has 0 bridgehead atoms. The lowest BCUT2D eigenvalue weighted by Gasteiger charge is -2.07. The van der Waals surface area contributed by atoms with Crippen LogP contribution in [0.4, 0.5) is 0 Å². The van der Waals surface area contributed by atoms with Crippen molar-refractivity contribution < 1.29 is 19.5 Å². The molecule has 6 heteroatoms. The molecule has 1 N–H and O–H groups in total. The minimum atomic E-state index is -0.579. The van der Waals surface area contributed by atoms with E-state index in [9.17, 15) is 9.90 Å². The van der Waals surface area contributed by atoms with Crippen molar-refractivity contribution in [3.05, 3.63) is 64.2 Å². The first-order valence-electron chi connectivity index (χ1n) is 8.81. The van der Waals surface area contributed by atoms with E-state index in [1.54, 1.807) is 12.1 Å². The molecule has 1 heterocycles. The standard InChI is InChI=1S/C21H20ClNO4/c1-2-3-4-11-26-17-8-5-14(6-9-17)20-18(21(25)27-23-20)13-15-12-16(22)7-10-19(15)24/h5-10,12-13,24H,2-4,11H2,1H3/b18-13-. The second-order valence-electron chi connectivity index (χ2n) is 6.16. The van der Waals surface area contributed by atoms with Gasteiger partial charge in [0.15, 0.2) is 0 Å². The third-order valence-corrected chi connectivity index (χ3v) is 4.36. The maximum atomic E-state index is 12.1. The van der Waals surface area contributed by atoms with Crippen molar-refractivity contribution in [2.75, 3.05) is 6.61 Å². The fourth-order valence-electron chi connectivity index (χ4n) is 2.67. The predicted octanol–water partition coefficient (Wildman–Crippen LogP) is 4.96. The number of oxime groups is 1. The molecule has 1 aliphatic heterocycles. The lowest BCUT2D eigenvalue weighted by Crippen LogP contribution is -2.07. The summed E-state index contributed by atoms with van der Waals surface area (Å²) in [4.78, 5) is 16.9. The summed E-state index contributed by atoms with van der Waals surface area (Å²) in [7, 11) is 0. The number of nitrogens with zero attached hydrogens (tertiary/aromatic N) is 1. The van der Waals surface area contributed by atoms with Crippen LogP contribution in [0.5, 0.6) is 11.5 Å². The summed E-state index contributed by atoms with van der Waals surface area (Å²) < 4.78 is 5.70. The molecular formula is C21H20ClNO4. The largest absolute Gasteiger partial charge is 0.507 e. The molecule has 27 heavy (non-hydrogen) atoms. The molecule has 0 aliphatic carbocycles. The molecule has 1 aliphatic rings. The monoisotopic (exact) mass is 385 g/mol. The number of halogens is 1. The van der Waals surface area contributed by atoms with Crippen LogP contribution in [-0.2, 0) is 9.63 Å². The topological polar surface area (TPSA) is 68.1 Å². The number of rotatable bonds is 7. The number of phenolic OH excluding ortho intramolecular Hbond substituents is 1. The van der Waals surface area contributed by atoms with E-state index in [1.807, 2.05) is 24.3 Å². The van der Waals surface area contributed by atoms with E-state index in [0.717, 1.165) is 30.6 Å². The molecule has 0 atom stereocenters. The Morgan fingerprint density at radius 2 is 1.96 bits per heavy atom. The van der Waals surface area contributed by atoms with Crippen LogP contribution >= 0.6 is 11.6 Å². The van der Waals surface area contributed by atoms with E-state index in [2.05, 4.69) is 12.1 Å². The van der Waals surface area contributed by atoms with Crippen LogP contribution in [0.25, 0.3) is 6.08 Å². The van der Waals surface area contributed by atoms with E-state index in [4.69, 9.17) is 21.2 Å². The minimum Gasteiger partial charge on any atom is -0.507 e. The Morgan fingerprint density at radius 1 is 1.19 bits per heavy atom. The number of hydrogen-bond acceptors (Lipinski definition) is 5. The third kappa shape index (κ3) is 4.68. The van der Waals surface area contributed by atoms with Crippen LogP contribution in [0.15, 0.2) is 53.2 Å². The average molecular weight is 386 g/mol. The summed E-state index contributed by atoms with van der Waals surface area (Å²) in [6.07, 6.45) is 4.82. The highest BCUT2D eigenvalue weighted by atomic mass is 35.5. The molecule has 0 saturated heterocycles. The average Bonchev–Trinajstić information content (AvgIpc) is 3.03. The van der Waals surface area contributed by atoms with Gasteiger partial charge in [-0.3, -0.25) is 0 Å². The van der Waals surface area contributed by atoms with Gasteiger partial charge in [0.05, 0.1) is 12.2 Å². The van der Waals surface area contributed by atoms with Gasteiger partial charge in [0, 0.05) is 16.1 Å². The number of aromatic hydroxyl groups is 1. The number of unbranched alkanes of at least 4 members (excludes halogenated alkanes) is 2.